The van der Waals surface area contributed by atoms with E-state index in [-0.39, 0.29) is 12.3 Å². The Bertz CT molecular complexity index is 1890. The normalized spacial score (nSPS) is 15.4. The molecule has 0 aliphatic heterocycles. The predicted molar refractivity (Wildman–Crippen MR) is 174 cm³/mol. The smallest absolute Gasteiger partial charge is 0.357 e. The number of hydrogen-bond donors (Lipinski definition) is 1. The third kappa shape index (κ3) is 7.38. The third-order valence-corrected chi connectivity index (χ3v) is 10.3. The zero-order valence-electron chi connectivity index (χ0n) is 25.2. The summed E-state index contributed by atoms with van der Waals surface area (Å²) < 4.78 is 46.0. The lowest BCUT2D eigenvalue weighted by molar-refractivity contribution is 0.0520. The Morgan fingerprint density at radius 3 is 2.62 bits per heavy atom. The number of ether oxygens (including phenoxy) is 1. The van der Waals surface area contributed by atoms with Crippen molar-refractivity contribution in [3.8, 4) is 33.7 Å². The lowest BCUT2D eigenvalue weighted by atomic mass is 9.89. The second kappa shape index (κ2) is 13.3. The van der Waals surface area contributed by atoms with Crippen molar-refractivity contribution < 1.29 is 22.3 Å². The number of rotatable bonds is 9. The second-order valence-corrected chi connectivity index (χ2v) is 14.3. The largest absolute Gasteiger partial charge is 0.461 e. The number of benzene rings is 2. The number of primary sulfonamides is 1. The molecule has 4 aromatic rings. The molecular weight excluding hydrogens is 610 g/mol. The average Bonchev–Trinajstić information content (AvgIpc) is 3.58. The van der Waals surface area contributed by atoms with Crippen molar-refractivity contribution in [1.29, 1.82) is 0 Å². The molecule has 45 heavy (non-hydrogen) atoms. The summed E-state index contributed by atoms with van der Waals surface area (Å²) in [6.07, 6.45) is 9.07. The highest BCUT2D eigenvalue weighted by molar-refractivity contribution is 7.89. The molecule has 0 unspecified atom stereocenters. The molecule has 2 aliphatic rings. The maximum atomic E-state index is 15.0. The van der Waals surface area contributed by atoms with Crippen LogP contribution in [0.5, 0.6) is 0 Å². The van der Waals surface area contributed by atoms with E-state index in [1.54, 1.807) is 18.4 Å². The Hall–Kier alpha value is -3.78. The van der Waals surface area contributed by atoms with Crippen molar-refractivity contribution in [2.75, 3.05) is 6.61 Å². The Balaban J connectivity index is 1.46. The Labute approximate surface area is 267 Å². The number of nitrogens with zero attached hydrogens (tertiary/aromatic N) is 2. The van der Waals surface area contributed by atoms with Gasteiger partial charge in [0.1, 0.15) is 15.7 Å². The van der Waals surface area contributed by atoms with E-state index in [9.17, 15) is 17.6 Å². The number of carbonyl (C=O) groups excluding carboxylic acids is 1. The molecular formula is C35H36FN3O4S2. The van der Waals surface area contributed by atoms with Crippen LogP contribution in [0.2, 0.25) is 0 Å². The topological polar surface area (TPSA) is 104 Å². The first-order valence-corrected chi connectivity index (χ1v) is 17.9. The number of carbonyl (C=O) groups is 1. The summed E-state index contributed by atoms with van der Waals surface area (Å²) in [7, 11) is -4.19. The van der Waals surface area contributed by atoms with Gasteiger partial charge in [0.25, 0.3) is 0 Å². The van der Waals surface area contributed by atoms with E-state index in [0.29, 0.717) is 29.0 Å². The van der Waals surface area contributed by atoms with E-state index in [4.69, 9.17) is 9.88 Å². The SMILES string of the molecule is CCOC(=O)c1csc(-c2cc(-c3cccc(C#CC4CCCCC4)c3)n(Cc3ccc(S(N)(=O)=O)c(F)c3)c2CC2CC2)n1. The van der Waals surface area contributed by atoms with Gasteiger partial charge in [-0.15, -0.1) is 11.3 Å². The Kier molecular flexibility index (Phi) is 9.22. The zero-order chi connectivity index (χ0) is 31.6. The van der Waals surface area contributed by atoms with Crippen LogP contribution < -0.4 is 5.14 Å². The van der Waals surface area contributed by atoms with Crippen LogP contribution in [0.25, 0.3) is 21.8 Å². The molecule has 2 N–H and O–H groups in total. The summed E-state index contributed by atoms with van der Waals surface area (Å²) in [5.41, 5.74) is 5.61. The maximum absolute atomic E-state index is 15.0. The van der Waals surface area contributed by atoms with Gasteiger partial charge in [-0.3, -0.25) is 0 Å². The molecule has 0 amide bonds. The number of nitrogens with two attached hydrogens (primary N) is 1. The Morgan fingerprint density at radius 2 is 1.91 bits per heavy atom. The molecule has 10 heteroatoms. The lowest BCUT2D eigenvalue weighted by Gasteiger charge is -2.16. The van der Waals surface area contributed by atoms with Gasteiger partial charge in [-0.25, -0.2) is 27.7 Å². The summed E-state index contributed by atoms with van der Waals surface area (Å²) in [5, 5.41) is 7.64. The highest BCUT2D eigenvalue weighted by atomic mass is 32.2. The predicted octanol–water partition coefficient (Wildman–Crippen LogP) is 7.17. The van der Waals surface area contributed by atoms with Crippen LogP contribution in [0.1, 0.15) is 79.2 Å². The van der Waals surface area contributed by atoms with Gasteiger partial charge in [0.05, 0.1) is 6.61 Å². The monoisotopic (exact) mass is 645 g/mol. The van der Waals surface area contributed by atoms with Crippen molar-refractivity contribution >= 4 is 27.3 Å². The molecule has 0 bridgehead atoms. The number of aromatic nitrogens is 2. The van der Waals surface area contributed by atoms with Crippen LogP contribution >= 0.6 is 11.3 Å². The molecule has 2 aromatic heterocycles. The molecule has 2 heterocycles. The minimum Gasteiger partial charge on any atom is -0.461 e. The van der Waals surface area contributed by atoms with Crippen LogP contribution in [0, 0.1) is 29.5 Å². The molecule has 0 spiro atoms. The molecule has 6 rings (SSSR count). The summed E-state index contributed by atoms with van der Waals surface area (Å²) in [6.45, 7) is 2.32. The van der Waals surface area contributed by atoms with Crippen molar-refractivity contribution in [3.63, 3.8) is 0 Å². The van der Waals surface area contributed by atoms with Crippen molar-refractivity contribution in [3.05, 3.63) is 82.2 Å². The minimum absolute atomic E-state index is 0.264. The summed E-state index contributed by atoms with van der Waals surface area (Å²) in [5.74, 6) is 6.49. The third-order valence-electron chi connectivity index (χ3n) is 8.43. The van der Waals surface area contributed by atoms with Gasteiger partial charge in [-0.1, -0.05) is 49.3 Å². The zero-order valence-corrected chi connectivity index (χ0v) is 26.9. The van der Waals surface area contributed by atoms with E-state index >= 15 is 0 Å². The molecule has 0 atom stereocenters. The first kappa shape index (κ1) is 31.2. The van der Waals surface area contributed by atoms with Gasteiger partial charge < -0.3 is 9.30 Å². The highest BCUT2D eigenvalue weighted by Crippen LogP contribution is 2.41. The number of sulfonamides is 1. The van der Waals surface area contributed by atoms with Crippen LogP contribution in [0.4, 0.5) is 4.39 Å². The fourth-order valence-electron chi connectivity index (χ4n) is 5.95. The summed E-state index contributed by atoms with van der Waals surface area (Å²) >= 11 is 1.39. The molecule has 0 saturated heterocycles. The van der Waals surface area contributed by atoms with Gasteiger partial charge in [-0.2, -0.15) is 0 Å². The molecule has 2 saturated carbocycles. The van der Waals surface area contributed by atoms with E-state index in [1.807, 2.05) is 18.2 Å². The first-order chi connectivity index (χ1) is 21.7. The van der Waals surface area contributed by atoms with Crippen molar-refractivity contribution in [1.82, 2.24) is 9.55 Å². The van der Waals surface area contributed by atoms with Gasteiger partial charge in [-0.05, 0) is 86.4 Å². The van der Waals surface area contributed by atoms with Crippen molar-refractivity contribution in [2.45, 2.75) is 69.7 Å². The number of halogens is 1. The number of esters is 1. The van der Waals surface area contributed by atoms with Crippen LogP contribution in [0.15, 0.2) is 58.8 Å². The van der Waals surface area contributed by atoms with Gasteiger partial charge in [0.2, 0.25) is 10.0 Å². The van der Waals surface area contributed by atoms with Crippen LogP contribution in [0.3, 0.4) is 0 Å². The summed E-state index contributed by atoms with van der Waals surface area (Å²) in [4.78, 5) is 16.6. The molecule has 2 aromatic carbocycles. The molecule has 7 nitrogen and oxygen atoms in total. The van der Waals surface area contributed by atoms with Gasteiger partial charge in [0, 0.05) is 40.4 Å². The number of thiazole rings is 1. The van der Waals surface area contributed by atoms with E-state index in [2.05, 4.69) is 33.5 Å². The van der Waals surface area contributed by atoms with E-state index in [0.717, 1.165) is 60.2 Å². The van der Waals surface area contributed by atoms with Crippen LogP contribution in [-0.4, -0.2) is 30.5 Å². The van der Waals surface area contributed by atoms with Crippen LogP contribution in [-0.2, 0) is 27.7 Å². The minimum atomic E-state index is -4.19. The number of hydrogen-bond acceptors (Lipinski definition) is 6. The Morgan fingerprint density at radius 1 is 1.11 bits per heavy atom. The molecule has 0 radical (unpaired) electrons. The first-order valence-electron chi connectivity index (χ1n) is 15.5. The lowest BCUT2D eigenvalue weighted by Crippen LogP contribution is -2.14. The second-order valence-electron chi connectivity index (χ2n) is 11.9. The molecule has 2 aliphatic carbocycles. The van der Waals surface area contributed by atoms with Gasteiger partial charge >= 0.3 is 5.97 Å². The quantitative estimate of drug-likeness (QED) is 0.154. The molecule has 2 fully saturated rings. The van der Waals surface area contributed by atoms with E-state index < -0.39 is 26.7 Å². The maximum Gasteiger partial charge on any atom is 0.357 e. The summed E-state index contributed by atoms with van der Waals surface area (Å²) in [6, 6.07) is 14.3. The highest BCUT2D eigenvalue weighted by Gasteiger charge is 2.28. The molecule has 234 valence electrons. The standard InChI is InChI=1S/C35H36FN3O4S2/c1-2-43-35(40)30-22-44-34(38-30)28-20-31(27-10-6-9-24(17-27)12-11-23-7-4-3-5-8-23)39(32(28)19-25-13-14-25)21-26-15-16-33(29(36)18-26)45(37,41)42/h6,9-10,15-18,20,22-23,25H,2-5,7-8,13-14,19,21H2,1H3,(H2,37,41,42). The average molecular weight is 646 g/mol. The van der Waals surface area contributed by atoms with Gasteiger partial charge in [0.15, 0.2) is 5.69 Å². The fraction of sp³-hybridized carbons (Fsp3) is 0.371. The van der Waals surface area contributed by atoms with Crippen molar-refractivity contribution in [2.24, 2.45) is 17.0 Å². The van der Waals surface area contributed by atoms with E-state index in [1.165, 1.54) is 42.7 Å². The fourth-order valence-corrected chi connectivity index (χ4v) is 7.37.